The van der Waals surface area contributed by atoms with Gasteiger partial charge in [-0.3, -0.25) is 19.2 Å². The molecule has 6 atom stereocenters. The molecule has 0 radical (unpaired) electrons. The fourth-order valence-corrected chi connectivity index (χ4v) is 3.09. The van der Waals surface area contributed by atoms with Crippen LogP contribution in [0.25, 0.3) is 0 Å². The van der Waals surface area contributed by atoms with Crippen molar-refractivity contribution >= 4 is 39.8 Å². The molecule has 0 unspecified atom stereocenters. The molecule has 1 fully saturated rings. The molecule has 0 N–H and O–H groups in total. The highest BCUT2D eigenvalue weighted by atomic mass is 79.9. The summed E-state index contributed by atoms with van der Waals surface area (Å²) < 4.78 is 37.8. The summed E-state index contributed by atoms with van der Waals surface area (Å²) in [6.07, 6.45) is -6.95. The Morgan fingerprint density at radius 1 is 0.867 bits per heavy atom. The van der Waals surface area contributed by atoms with Gasteiger partial charge in [-0.05, 0) is 6.92 Å². The molecule has 0 aliphatic carbocycles. The number of carbonyl (C=O) groups is 4. The fourth-order valence-electron chi connectivity index (χ4n) is 2.75. The zero-order valence-corrected chi connectivity index (χ0v) is 19.0. The van der Waals surface area contributed by atoms with E-state index in [9.17, 15) is 19.2 Å². The summed E-state index contributed by atoms with van der Waals surface area (Å²) in [7, 11) is 0. The van der Waals surface area contributed by atoms with Gasteiger partial charge in [0.2, 0.25) is 6.29 Å². The molecule has 1 aliphatic heterocycles. The van der Waals surface area contributed by atoms with Gasteiger partial charge in [0.25, 0.3) is 0 Å². The summed E-state index contributed by atoms with van der Waals surface area (Å²) >= 11 is 3.24. The predicted molar refractivity (Wildman–Crippen MR) is 102 cm³/mol. The number of ether oxygens (including phenoxy) is 7. The first kappa shape index (κ1) is 26.3. The van der Waals surface area contributed by atoms with Crippen LogP contribution in [0.15, 0.2) is 0 Å². The van der Waals surface area contributed by atoms with Gasteiger partial charge in [-0.25, -0.2) is 0 Å². The van der Waals surface area contributed by atoms with Crippen molar-refractivity contribution in [1.82, 2.24) is 0 Å². The van der Waals surface area contributed by atoms with Crippen LogP contribution in [-0.4, -0.2) is 79.4 Å². The van der Waals surface area contributed by atoms with E-state index in [4.69, 9.17) is 33.2 Å². The molecule has 1 rings (SSSR count). The van der Waals surface area contributed by atoms with Gasteiger partial charge in [0.1, 0.15) is 12.7 Å². The highest BCUT2D eigenvalue weighted by Crippen LogP contribution is 2.30. The number of hydrogen-bond donors (Lipinski definition) is 0. The van der Waals surface area contributed by atoms with E-state index in [0.717, 1.165) is 20.8 Å². The van der Waals surface area contributed by atoms with Crippen molar-refractivity contribution in [3.63, 3.8) is 0 Å². The van der Waals surface area contributed by atoms with E-state index in [1.165, 1.54) is 6.92 Å². The maximum atomic E-state index is 11.7. The second-order valence-electron chi connectivity index (χ2n) is 6.24. The Hall–Kier alpha value is -1.76. The summed E-state index contributed by atoms with van der Waals surface area (Å²) in [4.78, 5) is 46.4. The monoisotopic (exact) mass is 498 g/mol. The van der Waals surface area contributed by atoms with Crippen LogP contribution in [0.3, 0.4) is 0 Å². The largest absolute Gasteiger partial charge is 0.463 e. The van der Waals surface area contributed by atoms with Crippen LogP contribution in [0, 0.1) is 0 Å². The third kappa shape index (κ3) is 8.54. The molecule has 11 nitrogen and oxygen atoms in total. The lowest BCUT2D eigenvalue weighted by molar-refractivity contribution is -0.336. The van der Waals surface area contributed by atoms with Gasteiger partial charge in [-0.1, -0.05) is 15.9 Å². The van der Waals surface area contributed by atoms with Crippen molar-refractivity contribution in [2.24, 2.45) is 0 Å². The van der Waals surface area contributed by atoms with Crippen LogP contribution < -0.4 is 0 Å². The molecule has 1 saturated heterocycles. The van der Waals surface area contributed by atoms with Gasteiger partial charge in [0, 0.05) is 34.3 Å². The first-order valence-corrected chi connectivity index (χ1v) is 10.3. The Morgan fingerprint density at radius 3 is 1.87 bits per heavy atom. The standard InChI is InChI=1S/C18H27BrO11/c1-6-24-14(7-19)30-18-17(28-12(5)23)16(27-11(4)22)15(26-10(3)21)13(29-18)8-25-9(2)20/h13-18H,6-8H2,1-5H3/t13-,14+,15-,16+,17-,18+/m1/s1. The zero-order chi connectivity index (χ0) is 22.8. The molecule has 0 aromatic carbocycles. The van der Waals surface area contributed by atoms with Gasteiger partial charge in [-0.2, -0.15) is 0 Å². The van der Waals surface area contributed by atoms with Crippen molar-refractivity contribution < 1.29 is 52.3 Å². The van der Waals surface area contributed by atoms with Crippen molar-refractivity contribution in [3.8, 4) is 0 Å². The number of hydrogen-bond acceptors (Lipinski definition) is 11. The third-order valence-corrected chi connectivity index (χ3v) is 4.24. The summed E-state index contributed by atoms with van der Waals surface area (Å²) in [5, 5.41) is 0.258. The average molecular weight is 499 g/mol. The summed E-state index contributed by atoms with van der Waals surface area (Å²) in [5.74, 6) is -2.73. The molecule has 172 valence electrons. The van der Waals surface area contributed by atoms with Gasteiger partial charge in [0.05, 0.1) is 5.33 Å². The van der Waals surface area contributed by atoms with Gasteiger partial charge in [-0.15, -0.1) is 0 Å². The molecular weight excluding hydrogens is 472 g/mol. The second-order valence-corrected chi connectivity index (χ2v) is 6.89. The van der Waals surface area contributed by atoms with Crippen molar-refractivity contribution in [2.45, 2.75) is 71.6 Å². The third-order valence-electron chi connectivity index (χ3n) is 3.71. The molecule has 12 heteroatoms. The smallest absolute Gasteiger partial charge is 0.303 e. The quantitative estimate of drug-likeness (QED) is 0.183. The van der Waals surface area contributed by atoms with Crippen LogP contribution in [0.2, 0.25) is 0 Å². The molecule has 30 heavy (non-hydrogen) atoms. The Labute approximate surface area is 182 Å². The molecule has 0 spiro atoms. The maximum absolute atomic E-state index is 11.7. The lowest BCUT2D eigenvalue weighted by Gasteiger charge is -2.44. The SMILES string of the molecule is CCO[C@H](CBr)O[C@@H]1O[C@H](COC(C)=O)[C@@H](OC(C)=O)[C@H](OC(C)=O)[C@H]1OC(C)=O. The van der Waals surface area contributed by atoms with Crippen LogP contribution in [0.1, 0.15) is 34.6 Å². The normalized spacial score (nSPS) is 26.9. The number of carbonyl (C=O) groups excluding carboxylic acids is 4. The first-order valence-electron chi connectivity index (χ1n) is 9.22. The maximum Gasteiger partial charge on any atom is 0.303 e. The van der Waals surface area contributed by atoms with Crippen molar-refractivity contribution in [3.05, 3.63) is 0 Å². The minimum absolute atomic E-state index is 0.258. The highest BCUT2D eigenvalue weighted by molar-refractivity contribution is 9.09. The molecule has 0 aromatic rings. The molecule has 1 aliphatic rings. The van der Waals surface area contributed by atoms with Crippen LogP contribution in [0.5, 0.6) is 0 Å². The van der Waals surface area contributed by atoms with E-state index in [2.05, 4.69) is 15.9 Å². The van der Waals surface area contributed by atoms with E-state index >= 15 is 0 Å². The van der Waals surface area contributed by atoms with Crippen molar-refractivity contribution in [1.29, 1.82) is 0 Å². The van der Waals surface area contributed by atoms with E-state index in [1.54, 1.807) is 6.92 Å². The Bertz CT molecular complexity index is 611. The van der Waals surface area contributed by atoms with E-state index < -0.39 is 60.9 Å². The number of halogens is 1. The second kappa shape index (κ2) is 12.8. The predicted octanol–water partition coefficient (Wildman–Crippen LogP) is 0.844. The molecule has 0 aromatic heterocycles. The topological polar surface area (TPSA) is 133 Å². The summed E-state index contributed by atoms with van der Waals surface area (Å²) in [5.41, 5.74) is 0. The van der Waals surface area contributed by atoms with E-state index in [-0.39, 0.29) is 11.9 Å². The Morgan fingerprint density at radius 2 is 1.40 bits per heavy atom. The van der Waals surface area contributed by atoms with Crippen molar-refractivity contribution in [2.75, 3.05) is 18.5 Å². The lowest BCUT2D eigenvalue weighted by atomic mass is 9.98. The number of esters is 4. The number of rotatable bonds is 10. The van der Waals surface area contributed by atoms with E-state index in [1.807, 2.05) is 0 Å². The minimum atomic E-state index is -1.29. The fraction of sp³-hybridized carbons (Fsp3) is 0.778. The zero-order valence-electron chi connectivity index (χ0n) is 17.5. The summed E-state index contributed by atoms with van der Waals surface area (Å²) in [6.45, 7) is 6.38. The Kier molecular flexibility index (Phi) is 11.2. The van der Waals surface area contributed by atoms with Crippen LogP contribution >= 0.6 is 15.9 Å². The highest BCUT2D eigenvalue weighted by Gasteiger charge is 2.53. The molecule has 0 saturated carbocycles. The first-order chi connectivity index (χ1) is 14.1. The lowest BCUT2D eigenvalue weighted by Crippen LogP contribution is -2.63. The minimum Gasteiger partial charge on any atom is -0.463 e. The van der Waals surface area contributed by atoms with Gasteiger partial charge < -0.3 is 33.2 Å². The molecule has 0 bridgehead atoms. The van der Waals surface area contributed by atoms with Gasteiger partial charge >= 0.3 is 23.9 Å². The van der Waals surface area contributed by atoms with Crippen LogP contribution in [-0.2, 0) is 52.3 Å². The van der Waals surface area contributed by atoms with Crippen LogP contribution in [0.4, 0.5) is 0 Å². The Balaban J connectivity index is 3.31. The molecular formula is C18H27BrO11. The molecule has 0 amide bonds. The van der Waals surface area contributed by atoms with E-state index in [0.29, 0.717) is 6.61 Å². The number of alkyl halides is 1. The average Bonchev–Trinajstić information content (AvgIpc) is 2.63. The summed E-state index contributed by atoms with van der Waals surface area (Å²) in [6, 6.07) is 0. The molecule has 1 heterocycles. The van der Waals surface area contributed by atoms with Gasteiger partial charge in [0.15, 0.2) is 24.6 Å².